The van der Waals surface area contributed by atoms with Gasteiger partial charge in [0.25, 0.3) is 11.8 Å². The highest BCUT2D eigenvalue weighted by Crippen LogP contribution is 2.27. The van der Waals surface area contributed by atoms with Gasteiger partial charge in [-0.05, 0) is 56.0 Å². The summed E-state index contributed by atoms with van der Waals surface area (Å²) in [6.45, 7) is 5.92. The second-order valence-corrected chi connectivity index (χ2v) is 12.7. The average molecular weight is 776 g/mol. The highest BCUT2D eigenvalue weighted by Gasteiger charge is 2.32. The lowest BCUT2D eigenvalue weighted by molar-refractivity contribution is -0.200. The molecule has 2 aromatic carbocycles. The van der Waals surface area contributed by atoms with Crippen LogP contribution in [0.2, 0.25) is 0 Å². The lowest BCUT2D eigenvalue weighted by atomic mass is 9.90. The third-order valence-corrected chi connectivity index (χ3v) is 8.96. The highest BCUT2D eigenvalue weighted by atomic mass is 16.7. The Kier molecular flexibility index (Phi) is 19.0. The maximum Gasteiger partial charge on any atom is 0.328 e. The summed E-state index contributed by atoms with van der Waals surface area (Å²) in [4.78, 5) is 86.6. The molecule has 0 fully saturated rings. The Labute approximate surface area is 327 Å². The van der Waals surface area contributed by atoms with Gasteiger partial charge in [-0.1, -0.05) is 75.6 Å². The van der Waals surface area contributed by atoms with Gasteiger partial charge in [0, 0.05) is 12.0 Å². The molecule has 15 heteroatoms. The van der Waals surface area contributed by atoms with E-state index in [0.29, 0.717) is 30.5 Å². The van der Waals surface area contributed by atoms with Crippen molar-refractivity contribution in [3.63, 3.8) is 0 Å². The van der Waals surface area contributed by atoms with Gasteiger partial charge in [0.05, 0.1) is 50.7 Å². The number of nitrogens with one attached hydrogen (secondary N) is 3. The Bertz CT molecular complexity index is 1760. The summed E-state index contributed by atoms with van der Waals surface area (Å²) in [5, 5.41) is 9.31. The van der Waals surface area contributed by atoms with Crippen molar-refractivity contribution in [2.24, 2.45) is 5.92 Å². The van der Waals surface area contributed by atoms with Crippen LogP contribution in [0.4, 0.5) is 0 Å². The fourth-order valence-corrected chi connectivity index (χ4v) is 5.97. The number of rotatable bonds is 24. The van der Waals surface area contributed by atoms with E-state index in [9.17, 15) is 28.8 Å². The Morgan fingerprint density at radius 3 is 2.29 bits per heavy atom. The van der Waals surface area contributed by atoms with Crippen LogP contribution in [0.15, 0.2) is 66.7 Å². The first-order valence-corrected chi connectivity index (χ1v) is 18.8. The molecule has 302 valence electrons. The van der Waals surface area contributed by atoms with E-state index in [1.165, 1.54) is 31.4 Å². The van der Waals surface area contributed by atoms with Crippen LogP contribution in [0.5, 0.6) is 5.75 Å². The number of hydrogen-bond acceptors (Lipinski definition) is 11. The van der Waals surface area contributed by atoms with Gasteiger partial charge in [-0.15, -0.1) is 0 Å². The number of nitrogens with zero attached hydrogens (tertiary/aromatic N) is 2. The summed E-state index contributed by atoms with van der Waals surface area (Å²) in [5.41, 5.74) is 2.04. The van der Waals surface area contributed by atoms with Crippen LogP contribution in [0.25, 0.3) is 11.3 Å². The molecule has 4 amide bonds. The van der Waals surface area contributed by atoms with E-state index in [-0.39, 0.29) is 55.6 Å². The van der Waals surface area contributed by atoms with Gasteiger partial charge in [-0.2, -0.15) is 0 Å². The number of hydroxylamine groups is 2. The van der Waals surface area contributed by atoms with Crippen molar-refractivity contribution in [1.29, 1.82) is 0 Å². The minimum atomic E-state index is -1.10. The minimum absolute atomic E-state index is 0.0304. The van der Waals surface area contributed by atoms with Crippen LogP contribution >= 0.6 is 0 Å². The molecule has 1 heterocycles. The number of benzene rings is 2. The number of hydrogen-bond donors (Lipinski definition) is 3. The van der Waals surface area contributed by atoms with Crippen LogP contribution < -0.4 is 20.7 Å². The van der Waals surface area contributed by atoms with Crippen LogP contribution in [-0.4, -0.2) is 85.7 Å². The van der Waals surface area contributed by atoms with Crippen molar-refractivity contribution < 1.29 is 47.8 Å². The minimum Gasteiger partial charge on any atom is -0.493 e. The molecule has 0 aliphatic rings. The van der Waals surface area contributed by atoms with E-state index in [1.807, 2.05) is 37.3 Å². The lowest BCUT2D eigenvalue weighted by Gasteiger charge is -2.32. The van der Waals surface area contributed by atoms with Crippen molar-refractivity contribution in [2.75, 3.05) is 27.5 Å². The normalized spacial score (nSPS) is 12.3. The second-order valence-electron chi connectivity index (χ2n) is 12.7. The van der Waals surface area contributed by atoms with Crippen LogP contribution in [0, 0.1) is 5.92 Å². The van der Waals surface area contributed by atoms with E-state index in [4.69, 9.17) is 14.3 Å². The van der Waals surface area contributed by atoms with Crippen molar-refractivity contribution in [3.8, 4) is 17.0 Å². The summed E-state index contributed by atoms with van der Waals surface area (Å²) in [6.07, 6.45) is 4.12. The number of amides is 4. The van der Waals surface area contributed by atoms with Crippen molar-refractivity contribution >= 4 is 36.1 Å². The van der Waals surface area contributed by atoms with Crippen LogP contribution in [0.3, 0.4) is 0 Å². The zero-order chi connectivity index (χ0) is 40.9. The van der Waals surface area contributed by atoms with E-state index in [0.717, 1.165) is 24.8 Å². The molecular weight excluding hydrogens is 722 g/mol. The number of aromatic nitrogens is 1. The highest BCUT2D eigenvalue weighted by molar-refractivity contribution is 6.00. The van der Waals surface area contributed by atoms with Crippen molar-refractivity contribution in [3.05, 3.63) is 83.6 Å². The monoisotopic (exact) mass is 775 g/mol. The molecule has 3 N–H and O–H groups in total. The molecule has 0 saturated heterocycles. The van der Waals surface area contributed by atoms with Crippen molar-refractivity contribution in [2.45, 2.75) is 84.4 Å². The quantitative estimate of drug-likeness (QED) is 0.0375. The van der Waals surface area contributed by atoms with Gasteiger partial charge in [0.1, 0.15) is 24.1 Å². The third-order valence-electron chi connectivity index (χ3n) is 8.96. The number of carbonyl (C=O) groups excluding carboxylic acids is 6. The molecular formula is C41H53N5O10. The fourth-order valence-electron chi connectivity index (χ4n) is 5.97. The molecule has 0 spiro atoms. The Morgan fingerprint density at radius 2 is 1.62 bits per heavy atom. The van der Waals surface area contributed by atoms with E-state index < -0.39 is 41.8 Å². The number of esters is 2. The van der Waals surface area contributed by atoms with Gasteiger partial charge in [0.2, 0.25) is 12.3 Å². The molecule has 0 aliphatic carbocycles. The zero-order valence-electron chi connectivity index (χ0n) is 32.7. The molecule has 0 aliphatic heterocycles. The second kappa shape index (κ2) is 23.8. The molecule has 3 rings (SSSR count). The zero-order valence-corrected chi connectivity index (χ0v) is 32.7. The van der Waals surface area contributed by atoms with Gasteiger partial charge in [0.15, 0.2) is 0 Å². The van der Waals surface area contributed by atoms with Crippen molar-refractivity contribution in [1.82, 2.24) is 26.0 Å². The topological polar surface area (TPSA) is 192 Å². The molecule has 0 bridgehead atoms. The van der Waals surface area contributed by atoms with Gasteiger partial charge in [-0.3, -0.25) is 28.8 Å². The van der Waals surface area contributed by atoms with Crippen LogP contribution in [-0.2, 0) is 40.1 Å². The summed E-state index contributed by atoms with van der Waals surface area (Å²) >= 11 is 0. The van der Waals surface area contributed by atoms with Crippen LogP contribution in [0.1, 0.15) is 92.1 Å². The molecule has 15 nitrogen and oxygen atoms in total. The van der Waals surface area contributed by atoms with Gasteiger partial charge in [-0.25, -0.2) is 14.8 Å². The number of unbranched alkanes of at least 4 members (excludes halogenated alkanes) is 2. The Morgan fingerprint density at radius 1 is 0.857 bits per heavy atom. The first-order chi connectivity index (χ1) is 27.1. The third kappa shape index (κ3) is 13.5. The molecule has 3 aromatic rings. The average Bonchev–Trinajstić information content (AvgIpc) is 3.22. The summed E-state index contributed by atoms with van der Waals surface area (Å²) in [6, 6.07) is 17.4. The standard InChI is InChI=1S/C41H53N5O10/c1-6-9-11-17-30(35(7-2)46(27-47)56-25-28-15-12-10-13-16-28)38(49)42-26-43-40(51)33-19-14-18-32(44-33)29-20-21-31(36(24-29)55-8-3)39(50)45-34(41(52)54-5)22-23-37(48)53-4/h10,12-16,18-21,24,27,30,34-35H,6-9,11,17,22-23,25-26H2,1-5H3,(H,42,49)(H,43,51)(H,45,50)/t30-,34+,35-/m1/s1. The number of pyridine rings is 1. The molecule has 0 unspecified atom stereocenters. The van der Waals surface area contributed by atoms with Gasteiger partial charge < -0.3 is 30.2 Å². The predicted molar refractivity (Wildman–Crippen MR) is 207 cm³/mol. The maximum absolute atomic E-state index is 13.6. The summed E-state index contributed by atoms with van der Waals surface area (Å²) in [7, 11) is 2.41. The number of carbonyl (C=O) groups is 6. The number of ether oxygens (including phenoxy) is 3. The fraction of sp³-hybridized carbons (Fsp3) is 0.439. The molecule has 56 heavy (non-hydrogen) atoms. The SMILES string of the molecule is CCCCC[C@@H](C(=O)NCNC(=O)c1cccc(-c2ccc(C(=O)N[C@@H](CCC(=O)OC)C(=O)OC)c(OCC)c2)n1)[C@@H](CC)N(C=O)OCc1ccccc1. The first-order valence-electron chi connectivity index (χ1n) is 18.8. The van der Waals surface area contributed by atoms with Gasteiger partial charge >= 0.3 is 11.9 Å². The largest absolute Gasteiger partial charge is 0.493 e. The first kappa shape index (κ1) is 44.6. The lowest BCUT2D eigenvalue weighted by Crippen LogP contribution is -2.48. The summed E-state index contributed by atoms with van der Waals surface area (Å²) in [5.74, 6) is -3.12. The molecule has 3 atom stereocenters. The van der Waals surface area contributed by atoms with E-state index >= 15 is 0 Å². The van der Waals surface area contributed by atoms with E-state index in [1.54, 1.807) is 31.2 Å². The molecule has 0 radical (unpaired) electrons. The summed E-state index contributed by atoms with van der Waals surface area (Å²) < 4.78 is 15.2. The van der Waals surface area contributed by atoms with E-state index in [2.05, 4.69) is 32.6 Å². The smallest absolute Gasteiger partial charge is 0.328 e. The molecule has 1 aromatic heterocycles. The predicted octanol–water partition coefficient (Wildman–Crippen LogP) is 4.74. The molecule has 0 saturated carbocycles. The Balaban J connectivity index is 1.71. The number of methoxy groups -OCH3 is 2. The Hall–Kier alpha value is -5.83. The maximum atomic E-state index is 13.6.